The van der Waals surface area contributed by atoms with Crippen LogP contribution in [0.5, 0.6) is 0 Å². The van der Waals surface area contributed by atoms with Crippen LogP contribution in [0.15, 0.2) is 24.3 Å². The van der Waals surface area contributed by atoms with Crippen LogP contribution in [-0.4, -0.2) is 46.5 Å². The molecule has 0 aliphatic heterocycles. The highest BCUT2D eigenvalue weighted by molar-refractivity contribution is 5.92. The van der Waals surface area contributed by atoms with Gasteiger partial charge in [0.2, 0.25) is 11.8 Å². The number of nitrogens with zero attached hydrogens (tertiary/aromatic N) is 1. The van der Waals surface area contributed by atoms with Gasteiger partial charge in [-0.25, -0.2) is 4.79 Å². The molecule has 2 N–H and O–H groups in total. The van der Waals surface area contributed by atoms with Crippen molar-refractivity contribution < 1.29 is 19.1 Å². The zero-order chi connectivity index (χ0) is 26.9. The Kier molecular flexibility index (Phi) is 11.3. The second kappa shape index (κ2) is 13.2. The summed E-state index contributed by atoms with van der Waals surface area (Å²) in [6, 6.07) is 4.92. The number of hydrogen-bond donors (Lipinski definition) is 2. The Labute approximate surface area is 211 Å². The van der Waals surface area contributed by atoms with Gasteiger partial charge in [-0.2, -0.15) is 0 Å². The largest absolute Gasteiger partial charge is 0.444 e. The first-order valence-corrected chi connectivity index (χ1v) is 12.4. The van der Waals surface area contributed by atoms with Gasteiger partial charge in [-0.15, -0.1) is 6.42 Å². The van der Waals surface area contributed by atoms with Gasteiger partial charge in [-0.1, -0.05) is 45.2 Å². The van der Waals surface area contributed by atoms with Gasteiger partial charge in [-0.3, -0.25) is 9.59 Å². The van der Waals surface area contributed by atoms with E-state index >= 15 is 0 Å². The van der Waals surface area contributed by atoms with Gasteiger partial charge < -0.3 is 20.3 Å². The molecular formula is C28H43N3O4. The lowest BCUT2D eigenvalue weighted by Gasteiger charge is -2.38. The van der Waals surface area contributed by atoms with Crippen LogP contribution >= 0.6 is 0 Å². The zero-order valence-corrected chi connectivity index (χ0v) is 22.8. The van der Waals surface area contributed by atoms with Crippen molar-refractivity contribution in [2.24, 2.45) is 5.92 Å². The predicted molar refractivity (Wildman–Crippen MR) is 140 cm³/mol. The molecule has 3 amide bonds. The first-order chi connectivity index (χ1) is 16.2. The third-order valence-corrected chi connectivity index (χ3v) is 5.45. The van der Waals surface area contributed by atoms with E-state index in [1.54, 1.807) is 49.9 Å². The van der Waals surface area contributed by atoms with E-state index in [4.69, 9.17) is 11.2 Å². The Bertz CT molecular complexity index is 894. The van der Waals surface area contributed by atoms with E-state index in [1.807, 2.05) is 34.6 Å². The smallest absolute Gasteiger partial charge is 0.408 e. The summed E-state index contributed by atoms with van der Waals surface area (Å²) < 4.78 is 5.39. The first-order valence-electron chi connectivity index (χ1n) is 12.4. The maximum absolute atomic E-state index is 13.9. The maximum Gasteiger partial charge on any atom is 0.408 e. The second-order valence-electron chi connectivity index (χ2n) is 10.6. The van der Waals surface area contributed by atoms with Crippen molar-refractivity contribution in [2.75, 3.05) is 0 Å². The highest BCUT2D eigenvalue weighted by atomic mass is 16.6. The Morgan fingerprint density at radius 1 is 1.03 bits per heavy atom. The monoisotopic (exact) mass is 485 g/mol. The Hall–Kier alpha value is -3.01. The molecule has 0 radical (unpaired) electrons. The number of alkyl carbamates (subject to hydrolysis) is 1. The highest BCUT2D eigenvalue weighted by Gasteiger charge is 2.39. The molecule has 194 valence electrons. The van der Waals surface area contributed by atoms with Crippen LogP contribution in [0.3, 0.4) is 0 Å². The third kappa shape index (κ3) is 9.28. The molecule has 0 aliphatic rings. The van der Waals surface area contributed by atoms with Crippen molar-refractivity contribution in [3.8, 4) is 12.3 Å². The second-order valence-corrected chi connectivity index (χ2v) is 10.6. The zero-order valence-electron chi connectivity index (χ0n) is 22.8. The van der Waals surface area contributed by atoms with Gasteiger partial charge >= 0.3 is 6.09 Å². The topological polar surface area (TPSA) is 87.7 Å². The molecule has 0 heterocycles. The van der Waals surface area contributed by atoms with Crippen LogP contribution in [0.2, 0.25) is 0 Å². The number of nitrogens with one attached hydrogen (secondary N) is 2. The summed E-state index contributed by atoms with van der Waals surface area (Å²) in [5, 5.41) is 5.78. The minimum absolute atomic E-state index is 0.0510. The Morgan fingerprint density at radius 2 is 1.60 bits per heavy atom. The summed E-state index contributed by atoms with van der Waals surface area (Å²) in [6.07, 6.45) is 6.57. The van der Waals surface area contributed by atoms with Crippen molar-refractivity contribution in [2.45, 2.75) is 105 Å². The molecule has 1 aromatic carbocycles. The molecule has 35 heavy (non-hydrogen) atoms. The average molecular weight is 486 g/mol. The third-order valence-electron chi connectivity index (χ3n) is 5.45. The van der Waals surface area contributed by atoms with Gasteiger partial charge in [-0.05, 0) is 71.6 Å². The lowest BCUT2D eigenvalue weighted by atomic mass is 9.96. The summed E-state index contributed by atoms with van der Waals surface area (Å²) in [6.45, 7) is 16.7. The molecule has 0 fully saturated rings. The van der Waals surface area contributed by atoms with Crippen LogP contribution in [0.25, 0.3) is 0 Å². The van der Waals surface area contributed by atoms with E-state index in [9.17, 15) is 14.4 Å². The van der Waals surface area contributed by atoms with E-state index in [2.05, 4.69) is 23.5 Å². The molecule has 0 aromatic heterocycles. The predicted octanol–water partition coefficient (Wildman–Crippen LogP) is 4.80. The molecule has 7 nitrogen and oxygen atoms in total. The summed E-state index contributed by atoms with van der Waals surface area (Å²) in [5.41, 5.74) is 0.622. The van der Waals surface area contributed by atoms with E-state index in [1.165, 1.54) is 0 Å². The number of carbonyl (C=O) groups excluding carboxylic acids is 3. The molecule has 1 rings (SSSR count). The lowest BCUT2D eigenvalue weighted by Crippen LogP contribution is -2.57. The highest BCUT2D eigenvalue weighted by Crippen LogP contribution is 2.27. The minimum Gasteiger partial charge on any atom is -0.444 e. The molecule has 3 unspecified atom stereocenters. The van der Waals surface area contributed by atoms with Gasteiger partial charge in [0, 0.05) is 17.6 Å². The van der Waals surface area contributed by atoms with E-state index < -0.39 is 23.8 Å². The van der Waals surface area contributed by atoms with Crippen molar-refractivity contribution in [1.29, 1.82) is 0 Å². The molecular weight excluding hydrogens is 442 g/mol. The number of terminal acetylenes is 1. The number of hydrogen-bond acceptors (Lipinski definition) is 4. The quantitative estimate of drug-likeness (QED) is 0.466. The molecule has 0 saturated carbocycles. The summed E-state index contributed by atoms with van der Waals surface area (Å²) in [4.78, 5) is 41.6. The number of rotatable bonds is 10. The van der Waals surface area contributed by atoms with Crippen molar-refractivity contribution in [1.82, 2.24) is 15.5 Å². The summed E-state index contributed by atoms with van der Waals surface area (Å²) >= 11 is 0. The minimum atomic E-state index is -0.893. The fourth-order valence-corrected chi connectivity index (χ4v) is 3.82. The van der Waals surface area contributed by atoms with E-state index in [0.29, 0.717) is 11.1 Å². The lowest BCUT2D eigenvalue weighted by molar-refractivity contribution is -0.145. The standard InChI is InChI=1S/C28H43N3O4/c1-11-13-20(7)29-25(32)24(22-16-14-21(12-2)15-17-22)31(19(5)6)26(33)23(18(3)4)30-27(34)35-28(8,9)10/h2,14-20,23-24H,11,13H2,1,3-10H3,(H,29,32)(H,30,34). The Balaban J connectivity index is 3.46. The Morgan fingerprint density at radius 3 is 2.03 bits per heavy atom. The molecule has 0 bridgehead atoms. The van der Waals surface area contributed by atoms with Crippen LogP contribution in [0, 0.1) is 18.3 Å². The van der Waals surface area contributed by atoms with Gasteiger partial charge in [0.25, 0.3) is 0 Å². The summed E-state index contributed by atoms with van der Waals surface area (Å²) in [5.74, 6) is 1.71. The number of benzene rings is 1. The first kappa shape index (κ1) is 30.0. The van der Waals surface area contributed by atoms with Crippen molar-refractivity contribution in [3.05, 3.63) is 35.4 Å². The molecule has 7 heteroatoms. The van der Waals surface area contributed by atoms with Crippen molar-refractivity contribution >= 4 is 17.9 Å². The molecule has 0 spiro atoms. The summed E-state index contributed by atoms with van der Waals surface area (Å²) in [7, 11) is 0. The normalized spacial score (nSPS) is 14.0. The molecule has 1 aromatic rings. The average Bonchev–Trinajstić information content (AvgIpc) is 2.73. The van der Waals surface area contributed by atoms with Gasteiger partial charge in [0.15, 0.2) is 0 Å². The van der Waals surface area contributed by atoms with Crippen LogP contribution in [0.4, 0.5) is 4.79 Å². The fraction of sp³-hybridized carbons (Fsp3) is 0.607. The number of amides is 3. The van der Waals surface area contributed by atoms with Gasteiger partial charge in [0.1, 0.15) is 17.7 Å². The number of ether oxygens (including phenoxy) is 1. The van der Waals surface area contributed by atoms with Crippen LogP contribution in [0.1, 0.15) is 92.3 Å². The van der Waals surface area contributed by atoms with Crippen molar-refractivity contribution in [3.63, 3.8) is 0 Å². The van der Waals surface area contributed by atoms with Crippen LogP contribution < -0.4 is 10.6 Å². The van der Waals surface area contributed by atoms with E-state index in [0.717, 1.165) is 12.8 Å². The molecule has 0 aliphatic carbocycles. The van der Waals surface area contributed by atoms with Crippen LogP contribution in [-0.2, 0) is 14.3 Å². The fourth-order valence-electron chi connectivity index (χ4n) is 3.82. The van der Waals surface area contributed by atoms with E-state index in [-0.39, 0.29) is 29.8 Å². The van der Waals surface area contributed by atoms with Gasteiger partial charge in [0.05, 0.1) is 0 Å². The number of carbonyl (C=O) groups is 3. The SMILES string of the molecule is C#Cc1ccc(C(C(=O)NC(C)CCC)N(C(=O)C(NC(=O)OC(C)(C)C)C(C)C)C(C)C)cc1. The maximum atomic E-state index is 13.9. The molecule has 3 atom stereocenters. The molecule has 0 saturated heterocycles.